The molecule has 0 fully saturated rings. The van der Waals surface area contributed by atoms with Gasteiger partial charge in [0.05, 0.1) is 12.6 Å². The summed E-state index contributed by atoms with van der Waals surface area (Å²) in [5, 5.41) is 10.1. The van der Waals surface area contributed by atoms with Crippen LogP contribution in [0.25, 0.3) is 5.70 Å². The maximum atomic E-state index is 12.3. The summed E-state index contributed by atoms with van der Waals surface area (Å²) in [6.45, 7) is 10.5. The lowest BCUT2D eigenvalue weighted by atomic mass is 9.89. The zero-order valence-electron chi connectivity index (χ0n) is 11.8. The number of carbonyl (C=O) groups excluding carboxylic acids is 1. The quantitative estimate of drug-likeness (QED) is 0.906. The number of nitrogens with zero attached hydrogens (tertiary/aromatic N) is 1. The van der Waals surface area contributed by atoms with Gasteiger partial charge in [-0.15, -0.1) is 0 Å². The van der Waals surface area contributed by atoms with Gasteiger partial charge in [0.15, 0.2) is 0 Å². The second-order valence-electron chi connectivity index (χ2n) is 6.33. The molecule has 1 aliphatic rings. The molecule has 0 bridgehead atoms. The molecule has 1 amide bonds. The number of β-amino-alcohol motifs (C(OH)–C–C–N with tert-alkyl or cyclic N) is 1. The Hall–Kier alpha value is -1.61. The molecule has 1 atom stereocenters. The molecule has 1 N–H and O–H groups in total. The van der Waals surface area contributed by atoms with Crippen molar-refractivity contribution in [3.63, 3.8) is 0 Å². The second-order valence-corrected chi connectivity index (χ2v) is 6.33. The Kier molecular flexibility index (Phi) is 3.50. The molecule has 3 nitrogen and oxygen atoms in total. The number of rotatable bonds is 3. The van der Waals surface area contributed by atoms with E-state index in [1.807, 2.05) is 18.2 Å². The Morgan fingerprint density at radius 3 is 2.37 bits per heavy atom. The van der Waals surface area contributed by atoms with Gasteiger partial charge < -0.3 is 10.0 Å². The first-order chi connectivity index (χ1) is 8.79. The Balaban J connectivity index is 2.12. The standard InChI is InChI=1S/C16H21NO2/c1-11-13-7-5-6-8-14(13)15(19)17(11)10-12(18)9-16(2,3)4/h5-8,12,18H,1,9-10H2,2-4H3. The first-order valence-corrected chi connectivity index (χ1v) is 6.58. The second kappa shape index (κ2) is 4.82. The third-order valence-corrected chi connectivity index (χ3v) is 3.28. The smallest absolute Gasteiger partial charge is 0.259 e. The molecule has 1 unspecified atom stereocenters. The number of hydrogen-bond donors (Lipinski definition) is 1. The first-order valence-electron chi connectivity index (χ1n) is 6.58. The molecule has 1 aromatic carbocycles. The molecular weight excluding hydrogens is 238 g/mol. The number of aliphatic hydroxyl groups is 1. The fourth-order valence-electron chi connectivity index (χ4n) is 2.51. The van der Waals surface area contributed by atoms with Crippen molar-refractivity contribution in [1.82, 2.24) is 4.90 Å². The largest absolute Gasteiger partial charge is 0.391 e. The summed E-state index contributed by atoms with van der Waals surface area (Å²) in [5.74, 6) is -0.0615. The molecule has 0 radical (unpaired) electrons. The summed E-state index contributed by atoms with van der Waals surface area (Å²) < 4.78 is 0. The molecule has 19 heavy (non-hydrogen) atoms. The van der Waals surface area contributed by atoms with Crippen LogP contribution in [0.2, 0.25) is 0 Å². The molecule has 0 saturated carbocycles. The zero-order chi connectivity index (χ0) is 14.2. The predicted molar refractivity (Wildman–Crippen MR) is 76.6 cm³/mol. The molecule has 0 aromatic heterocycles. The van der Waals surface area contributed by atoms with Crippen LogP contribution in [0.15, 0.2) is 30.8 Å². The van der Waals surface area contributed by atoms with E-state index in [2.05, 4.69) is 27.4 Å². The van der Waals surface area contributed by atoms with E-state index in [9.17, 15) is 9.90 Å². The molecule has 2 rings (SSSR count). The normalized spacial score (nSPS) is 16.7. The molecule has 1 heterocycles. The van der Waals surface area contributed by atoms with E-state index in [4.69, 9.17) is 0 Å². The molecule has 0 spiro atoms. The van der Waals surface area contributed by atoms with Crippen molar-refractivity contribution in [2.45, 2.75) is 33.3 Å². The summed E-state index contributed by atoms with van der Waals surface area (Å²) in [7, 11) is 0. The highest BCUT2D eigenvalue weighted by atomic mass is 16.3. The monoisotopic (exact) mass is 259 g/mol. The number of hydrogen-bond acceptors (Lipinski definition) is 2. The van der Waals surface area contributed by atoms with Crippen LogP contribution in [-0.2, 0) is 0 Å². The van der Waals surface area contributed by atoms with E-state index < -0.39 is 6.10 Å². The van der Waals surface area contributed by atoms with Crippen molar-refractivity contribution >= 4 is 11.6 Å². The summed E-state index contributed by atoms with van der Waals surface area (Å²) in [4.78, 5) is 13.8. The Labute approximate surface area is 114 Å². The number of carbonyl (C=O) groups is 1. The minimum Gasteiger partial charge on any atom is -0.391 e. The van der Waals surface area contributed by atoms with E-state index in [1.165, 1.54) is 0 Å². The van der Waals surface area contributed by atoms with Gasteiger partial charge in [0.1, 0.15) is 0 Å². The van der Waals surface area contributed by atoms with E-state index >= 15 is 0 Å². The third kappa shape index (κ3) is 2.87. The Morgan fingerprint density at radius 2 is 1.84 bits per heavy atom. The van der Waals surface area contributed by atoms with Gasteiger partial charge in [0.25, 0.3) is 5.91 Å². The third-order valence-electron chi connectivity index (χ3n) is 3.28. The fraction of sp³-hybridized carbons (Fsp3) is 0.438. The lowest BCUT2D eigenvalue weighted by molar-refractivity contribution is 0.0678. The van der Waals surface area contributed by atoms with Gasteiger partial charge in [0.2, 0.25) is 0 Å². The maximum Gasteiger partial charge on any atom is 0.259 e. The minimum atomic E-state index is -0.532. The molecule has 0 aliphatic carbocycles. The molecule has 102 valence electrons. The van der Waals surface area contributed by atoms with Crippen molar-refractivity contribution in [3.8, 4) is 0 Å². The first kappa shape index (κ1) is 13.8. The van der Waals surface area contributed by atoms with Gasteiger partial charge in [-0.05, 0) is 17.9 Å². The highest BCUT2D eigenvalue weighted by molar-refractivity contribution is 6.08. The summed E-state index contributed by atoms with van der Waals surface area (Å²) in [6, 6.07) is 7.44. The van der Waals surface area contributed by atoms with Crippen molar-refractivity contribution < 1.29 is 9.90 Å². The van der Waals surface area contributed by atoms with E-state index in [0.29, 0.717) is 24.2 Å². The molecule has 1 aromatic rings. The molecule has 1 aliphatic heterocycles. The number of fused-ring (bicyclic) bond motifs is 1. The number of aliphatic hydroxyl groups excluding tert-OH is 1. The zero-order valence-corrected chi connectivity index (χ0v) is 11.8. The van der Waals surface area contributed by atoms with Gasteiger partial charge >= 0.3 is 0 Å². The van der Waals surface area contributed by atoms with E-state index in [-0.39, 0.29) is 11.3 Å². The van der Waals surface area contributed by atoms with Crippen molar-refractivity contribution in [3.05, 3.63) is 42.0 Å². The van der Waals surface area contributed by atoms with Crippen LogP contribution in [0.1, 0.15) is 43.1 Å². The van der Waals surface area contributed by atoms with Gasteiger partial charge in [-0.25, -0.2) is 0 Å². The highest BCUT2D eigenvalue weighted by Gasteiger charge is 2.32. The van der Waals surface area contributed by atoms with Crippen LogP contribution in [-0.4, -0.2) is 28.6 Å². The highest BCUT2D eigenvalue weighted by Crippen LogP contribution is 2.32. The van der Waals surface area contributed by atoms with Crippen molar-refractivity contribution in [1.29, 1.82) is 0 Å². The topological polar surface area (TPSA) is 40.5 Å². The summed E-state index contributed by atoms with van der Waals surface area (Å²) >= 11 is 0. The summed E-state index contributed by atoms with van der Waals surface area (Å²) in [6.07, 6.45) is 0.121. The lowest BCUT2D eigenvalue weighted by Gasteiger charge is -2.26. The Morgan fingerprint density at radius 1 is 1.26 bits per heavy atom. The summed E-state index contributed by atoms with van der Waals surface area (Å²) in [5.41, 5.74) is 2.27. The van der Waals surface area contributed by atoms with Crippen LogP contribution in [0.4, 0.5) is 0 Å². The SMILES string of the molecule is C=C1c2ccccc2C(=O)N1CC(O)CC(C)(C)C. The minimum absolute atomic E-state index is 0.0381. The van der Waals surface area contributed by atoms with Gasteiger partial charge in [-0.2, -0.15) is 0 Å². The fourth-order valence-corrected chi connectivity index (χ4v) is 2.51. The van der Waals surface area contributed by atoms with Crippen LogP contribution in [0.3, 0.4) is 0 Å². The number of benzene rings is 1. The van der Waals surface area contributed by atoms with Crippen molar-refractivity contribution in [2.24, 2.45) is 5.41 Å². The average Bonchev–Trinajstić information content (AvgIpc) is 2.53. The molecule has 0 saturated heterocycles. The van der Waals surface area contributed by atoms with E-state index in [0.717, 1.165) is 5.56 Å². The van der Waals surface area contributed by atoms with Crippen LogP contribution in [0, 0.1) is 5.41 Å². The predicted octanol–water partition coefficient (Wildman–Crippen LogP) is 2.91. The molecule has 3 heteroatoms. The molecular formula is C16H21NO2. The van der Waals surface area contributed by atoms with Crippen molar-refractivity contribution in [2.75, 3.05) is 6.54 Å². The number of amides is 1. The van der Waals surface area contributed by atoms with Gasteiger partial charge in [-0.3, -0.25) is 4.79 Å². The van der Waals surface area contributed by atoms with E-state index in [1.54, 1.807) is 11.0 Å². The van der Waals surface area contributed by atoms with Gasteiger partial charge in [-0.1, -0.05) is 45.5 Å². The van der Waals surface area contributed by atoms with Crippen LogP contribution < -0.4 is 0 Å². The lowest BCUT2D eigenvalue weighted by Crippen LogP contribution is -2.34. The average molecular weight is 259 g/mol. The van der Waals surface area contributed by atoms with Crippen LogP contribution >= 0.6 is 0 Å². The van der Waals surface area contributed by atoms with Crippen LogP contribution in [0.5, 0.6) is 0 Å². The van der Waals surface area contributed by atoms with Gasteiger partial charge in [0, 0.05) is 16.8 Å². The Bertz CT molecular complexity index is 479. The maximum absolute atomic E-state index is 12.3.